The molecule has 2 N–H and O–H groups in total. The minimum absolute atomic E-state index is 0.0958. The van der Waals surface area contributed by atoms with Crippen molar-refractivity contribution in [2.24, 2.45) is 0 Å². The quantitative estimate of drug-likeness (QED) is 0.798. The topological polar surface area (TPSA) is 76.7 Å². The Hall–Kier alpha value is -3.02. The van der Waals surface area contributed by atoms with E-state index in [2.05, 4.69) is 15.4 Å². The molecule has 2 rings (SSSR count). The van der Waals surface area contributed by atoms with Crippen molar-refractivity contribution in [2.75, 3.05) is 31.4 Å². The minimum atomic E-state index is -0.416. The molecule has 0 heterocycles. The van der Waals surface area contributed by atoms with Crippen molar-refractivity contribution in [3.05, 3.63) is 53.6 Å². The summed E-state index contributed by atoms with van der Waals surface area (Å²) in [6, 6.07) is 12.2. The largest absolute Gasteiger partial charge is 0.495 e. The van der Waals surface area contributed by atoms with Crippen LogP contribution in [0.1, 0.15) is 15.9 Å². The molecule has 24 heavy (non-hydrogen) atoms. The van der Waals surface area contributed by atoms with Crippen LogP contribution in [0.15, 0.2) is 42.5 Å². The summed E-state index contributed by atoms with van der Waals surface area (Å²) in [6.07, 6.45) is 0. The summed E-state index contributed by atoms with van der Waals surface area (Å²) in [5, 5.41) is 5.81. The van der Waals surface area contributed by atoms with Gasteiger partial charge in [0, 0.05) is 5.69 Å². The highest BCUT2D eigenvalue weighted by atomic mass is 16.5. The second-order valence-electron chi connectivity index (χ2n) is 5.17. The third-order valence-corrected chi connectivity index (χ3v) is 3.38. The molecule has 126 valence electrons. The van der Waals surface area contributed by atoms with Gasteiger partial charge < -0.3 is 20.1 Å². The van der Waals surface area contributed by atoms with Gasteiger partial charge in [0.1, 0.15) is 5.75 Å². The first-order valence-electron chi connectivity index (χ1n) is 7.40. The normalized spacial score (nSPS) is 9.96. The molecule has 0 aliphatic rings. The molecule has 6 heteroatoms. The molecule has 0 bridgehead atoms. The zero-order valence-electron chi connectivity index (χ0n) is 13.9. The van der Waals surface area contributed by atoms with Crippen LogP contribution in [0.3, 0.4) is 0 Å². The Bertz CT molecular complexity index is 726. The lowest BCUT2D eigenvalue weighted by Gasteiger charge is -2.12. The summed E-state index contributed by atoms with van der Waals surface area (Å²) in [5.41, 5.74) is 2.86. The smallest absolute Gasteiger partial charge is 0.337 e. The Morgan fingerprint density at radius 2 is 1.75 bits per heavy atom. The van der Waals surface area contributed by atoms with E-state index in [4.69, 9.17) is 4.74 Å². The Morgan fingerprint density at radius 1 is 1.04 bits per heavy atom. The summed E-state index contributed by atoms with van der Waals surface area (Å²) in [7, 11) is 2.90. The molecular weight excluding hydrogens is 308 g/mol. The number of ether oxygens (including phenoxy) is 2. The number of nitrogens with one attached hydrogen (secondary N) is 2. The molecule has 0 unspecified atom stereocenters. The van der Waals surface area contributed by atoms with Crippen molar-refractivity contribution >= 4 is 23.3 Å². The number of amides is 1. The number of carbonyl (C=O) groups is 2. The number of esters is 1. The lowest BCUT2D eigenvalue weighted by atomic mass is 10.2. The van der Waals surface area contributed by atoms with E-state index in [1.807, 2.05) is 25.1 Å². The third kappa shape index (κ3) is 4.49. The van der Waals surface area contributed by atoms with E-state index >= 15 is 0 Å². The Kier molecular flexibility index (Phi) is 5.78. The predicted octanol–water partition coefficient (Wildman–Crippen LogP) is 2.84. The van der Waals surface area contributed by atoms with Crippen LogP contribution in [0.25, 0.3) is 0 Å². The minimum Gasteiger partial charge on any atom is -0.495 e. The fourth-order valence-corrected chi connectivity index (χ4v) is 2.15. The van der Waals surface area contributed by atoms with Gasteiger partial charge in [-0.2, -0.15) is 0 Å². The van der Waals surface area contributed by atoms with Crippen LogP contribution < -0.4 is 15.4 Å². The molecule has 0 radical (unpaired) electrons. The van der Waals surface area contributed by atoms with Crippen LogP contribution >= 0.6 is 0 Å². The van der Waals surface area contributed by atoms with Gasteiger partial charge in [0.15, 0.2) is 0 Å². The number of hydrogen-bond donors (Lipinski definition) is 2. The van der Waals surface area contributed by atoms with Gasteiger partial charge in [-0.3, -0.25) is 4.79 Å². The second-order valence-corrected chi connectivity index (χ2v) is 5.17. The molecule has 0 saturated heterocycles. The Labute approximate surface area is 140 Å². The Balaban J connectivity index is 1.94. The van der Waals surface area contributed by atoms with Crippen LogP contribution in [0.5, 0.6) is 5.75 Å². The fourth-order valence-electron chi connectivity index (χ4n) is 2.15. The Morgan fingerprint density at radius 3 is 2.38 bits per heavy atom. The fraction of sp³-hybridized carbons (Fsp3) is 0.222. The summed E-state index contributed by atoms with van der Waals surface area (Å²) < 4.78 is 9.89. The van der Waals surface area contributed by atoms with E-state index in [-0.39, 0.29) is 12.5 Å². The second kappa shape index (κ2) is 8.01. The molecule has 2 aromatic carbocycles. The zero-order chi connectivity index (χ0) is 17.5. The molecule has 0 aliphatic carbocycles. The van der Waals surface area contributed by atoms with E-state index in [0.717, 1.165) is 11.3 Å². The first-order valence-corrected chi connectivity index (χ1v) is 7.40. The van der Waals surface area contributed by atoms with Crippen LogP contribution in [0, 0.1) is 6.92 Å². The predicted molar refractivity (Wildman–Crippen MR) is 92.6 cm³/mol. The van der Waals surface area contributed by atoms with Crippen molar-refractivity contribution in [3.8, 4) is 5.75 Å². The van der Waals surface area contributed by atoms with E-state index in [9.17, 15) is 9.59 Å². The van der Waals surface area contributed by atoms with Crippen molar-refractivity contribution < 1.29 is 19.1 Å². The molecule has 0 aliphatic heterocycles. The highest BCUT2D eigenvalue weighted by molar-refractivity contribution is 5.95. The van der Waals surface area contributed by atoms with Gasteiger partial charge in [-0.25, -0.2) is 4.79 Å². The maximum atomic E-state index is 12.0. The highest BCUT2D eigenvalue weighted by Crippen LogP contribution is 2.24. The molecule has 0 spiro atoms. The number of rotatable bonds is 6. The van der Waals surface area contributed by atoms with Gasteiger partial charge >= 0.3 is 5.97 Å². The lowest BCUT2D eigenvalue weighted by molar-refractivity contribution is -0.114. The number of benzene rings is 2. The number of carbonyl (C=O) groups excluding carboxylic acids is 2. The van der Waals surface area contributed by atoms with E-state index in [1.165, 1.54) is 7.11 Å². The summed E-state index contributed by atoms with van der Waals surface area (Å²) in [5.74, 6) is 0.0568. The monoisotopic (exact) mass is 328 g/mol. The number of methoxy groups -OCH3 is 2. The number of anilines is 2. The van der Waals surface area contributed by atoms with Crippen LogP contribution in [0.2, 0.25) is 0 Å². The average molecular weight is 328 g/mol. The standard InChI is InChI=1S/C18H20N2O4/c1-12-4-9-16(23-2)15(10-12)19-11-17(21)20-14-7-5-13(6-8-14)18(22)24-3/h4-10,19H,11H2,1-3H3,(H,20,21). The lowest BCUT2D eigenvalue weighted by Crippen LogP contribution is -2.22. The van der Waals surface area contributed by atoms with Crippen LogP contribution in [0.4, 0.5) is 11.4 Å². The van der Waals surface area contributed by atoms with Gasteiger partial charge in [-0.15, -0.1) is 0 Å². The van der Waals surface area contributed by atoms with Crippen LogP contribution in [-0.4, -0.2) is 32.6 Å². The maximum Gasteiger partial charge on any atom is 0.337 e. The average Bonchev–Trinajstić information content (AvgIpc) is 2.60. The summed E-state index contributed by atoms with van der Waals surface area (Å²) in [4.78, 5) is 23.4. The van der Waals surface area contributed by atoms with Crippen LogP contribution in [-0.2, 0) is 9.53 Å². The van der Waals surface area contributed by atoms with Crippen molar-refractivity contribution in [3.63, 3.8) is 0 Å². The third-order valence-electron chi connectivity index (χ3n) is 3.38. The molecular formula is C18H20N2O4. The van der Waals surface area contributed by atoms with Gasteiger partial charge in [-0.05, 0) is 48.9 Å². The van der Waals surface area contributed by atoms with Gasteiger partial charge in [0.25, 0.3) is 0 Å². The molecule has 6 nitrogen and oxygen atoms in total. The number of hydrogen-bond acceptors (Lipinski definition) is 5. The van der Waals surface area contributed by atoms with E-state index < -0.39 is 5.97 Å². The molecule has 0 saturated carbocycles. The molecule has 1 amide bonds. The van der Waals surface area contributed by atoms with E-state index in [1.54, 1.807) is 31.4 Å². The molecule has 0 fully saturated rings. The summed E-state index contributed by atoms with van der Waals surface area (Å²) >= 11 is 0. The maximum absolute atomic E-state index is 12.0. The summed E-state index contributed by atoms with van der Waals surface area (Å²) in [6.45, 7) is 2.06. The van der Waals surface area contributed by atoms with Crippen molar-refractivity contribution in [1.29, 1.82) is 0 Å². The van der Waals surface area contributed by atoms with Crippen molar-refractivity contribution in [2.45, 2.75) is 6.92 Å². The zero-order valence-corrected chi connectivity index (χ0v) is 13.9. The van der Waals surface area contributed by atoms with E-state index in [0.29, 0.717) is 17.0 Å². The van der Waals surface area contributed by atoms with Gasteiger partial charge in [0.05, 0.1) is 32.0 Å². The van der Waals surface area contributed by atoms with Crippen molar-refractivity contribution in [1.82, 2.24) is 0 Å². The SMILES string of the molecule is COC(=O)c1ccc(NC(=O)CNc2cc(C)ccc2OC)cc1. The first-order chi connectivity index (χ1) is 11.5. The van der Waals surface area contributed by atoms with Gasteiger partial charge in [0.2, 0.25) is 5.91 Å². The number of aryl methyl sites for hydroxylation is 1. The molecule has 0 aromatic heterocycles. The molecule has 0 atom stereocenters. The van der Waals surface area contributed by atoms with Gasteiger partial charge in [-0.1, -0.05) is 6.07 Å². The highest BCUT2D eigenvalue weighted by Gasteiger charge is 2.08. The first kappa shape index (κ1) is 17.3. The molecule has 2 aromatic rings.